The highest BCUT2D eigenvalue weighted by Gasteiger charge is 2.10. The molecule has 1 aromatic heterocycles. The number of hydrogen-bond donors (Lipinski definition) is 0. The SMILES string of the molecule is COc1cnn(-c2ccc(SC)cc2)c(=O)c1Cl. The number of methoxy groups -OCH3 is 1. The van der Waals surface area contributed by atoms with Gasteiger partial charge in [0.15, 0.2) is 10.8 Å². The highest BCUT2D eigenvalue weighted by Crippen LogP contribution is 2.19. The fourth-order valence-corrected chi connectivity index (χ4v) is 2.08. The molecule has 0 unspecified atom stereocenters. The molecule has 0 radical (unpaired) electrons. The van der Waals surface area contributed by atoms with Crippen LogP contribution >= 0.6 is 23.4 Å². The second-order valence-corrected chi connectivity index (χ2v) is 4.70. The Labute approximate surface area is 114 Å². The molecule has 0 saturated carbocycles. The van der Waals surface area contributed by atoms with Gasteiger partial charge in [0, 0.05) is 4.90 Å². The fraction of sp³-hybridized carbons (Fsp3) is 0.167. The molecule has 0 aliphatic rings. The fourth-order valence-electron chi connectivity index (χ4n) is 1.47. The molecule has 0 N–H and O–H groups in total. The predicted molar refractivity (Wildman–Crippen MR) is 73.2 cm³/mol. The average Bonchev–Trinajstić information content (AvgIpc) is 2.42. The third-order valence-corrected chi connectivity index (χ3v) is 3.52. The number of halogens is 1. The first kappa shape index (κ1) is 13.0. The summed E-state index contributed by atoms with van der Waals surface area (Å²) in [5.41, 5.74) is 0.273. The molecular formula is C12H11ClN2O2S. The van der Waals surface area contributed by atoms with Crippen LogP contribution in [0.4, 0.5) is 0 Å². The largest absolute Gasteiger partial charge is 0.493 e. The molecule has 0 bridgehead atoms. The van der Waals surface area contributed by atoms with Crippen LogP contribution in [-0.2, 0) is 0 Å². The van der Waals surface area contributed by atoms with Gasteiger partial charge in [0.2, 0.25) is 0 Å². The Morgan fingerprint density at radius 2 is 2.00 bits per heavy atom. The molecule has 1 aromatic carbocycles. The van der Waals surface area contributed by atoms with E-state index in [0.717, 1.165) is 4.90 Å². The minimum absolute atomic E-state index is 0.0291. The lowest BCUT2D eigenvalue weighted by Crippen LogP contribution is -2.21. The van der Waals surface area contributed by atoms with Crippen molar-refractivity contribution in [3.05, 3.63) is 45.8 Å². The summed E-state index contributed by atoms with van der Waals surface area (Å²) < 4.78 is 6.19. The van der Waals surface area contributed by atoms with Crippen molar-refractivity contribution in [2.75, 3.05) is 13.4 Å². The first-order chi connectivity index (χ1) is 8.67. The van der Waals surface area contributed by atoms with E-state index in [1.165, 1.54) is 18.0 Å². The molecule has 0 spiro atoms. The van der Waals surface area contributed by atoms with Crippen LogP contribution in [0.25, 0.3) is 5.69 Å². The van der Waals surface area contributed by atoms with Gasteiger partial charge in [-0.3, -0.25) is 4.79 Å². The summed E-state index contributed by atoms with van der Waals surface area (Å²) in [6, 6.07) is 7.49. The second kappa shape index (κ2) is 5.46. The Morgan fingerprint density at radius 3 is 2.56 bits per heavy atom. The van der Waals surface area contributed by atoms with Gasteiger partial charge in [-0.25, -0.2) is 0 Å². The van der Waals surface area contributed by atoms with E-state index >= 15 is 0 Å². The van der Waals surface area contributed by atoms with Crippen LogP contribution in [0.1, 0.15) is 0 Å². The molecule has 0 atom stereocenters. The normalized spacial score (nSPS) is 10.4. The van der Waals surface area contributed by atoms with Gasteiger partial charge in [-0.2, -0.15) is 9.78 Å². The van der Waals surface area contributed by atoms with Crippen LogP contribution in [0, 0.1) is 0 Å². The minimum Gasteiger partial charge on any atom is -0.493 e. The topological polar surface area (TPSA) is 44.1 Å². The van der Waals surface area contributed by atoms with Gasteiger partial charge >= 0.3 is 0 Å². The van der Waals surface area contributed by atoms with Gasteiger partial charge in [0.05, 0.1) is 19.0 Å². The molecule has 0 saturated heterocycles. The van der Waals surface area contributed by atoms with Crippen molar-refractivity contribution in [2.24, 2.45) is 0 Å². The van der Waals surface area contributed by atoms with Crippen molar-refractivity contribution in [3.63, 3.8) is 0 Å². The minimum atomic E-state index is -0.395. The van der Waals surface area contributed by atoms with Crippen LogP contribution in [-0.4, -0.2) is 23.1 Å². The van der Waals surface area contributed by atoms with E-state index in [9.17, 15) is 4.79 Å². The van der Waals surface area contributed by atoms with E-state index < -0.39 is 5.56 Å². The van der Waals surface area contributed by atoms with Crippen molar-refractivity contribution in [1.29, 1.82) is 0 Å². The van der Waals surface area contributed by atoms with Crippen LogP contribution in [0.5, 0.6) is 5.75 Å². The maximum atomic E-state index is 12.0. The number of thioether (sulfide) groups is 1. The maximum Gasteiger partial charge on any atom is 0.294 e. The molecule has 0 fully saturated rings. The zero-order valence-corrected chi connectivity index (χ0v) is 11.5. The van der Waals surface area contributed by atoms with Crippen LogP contribution < -0.4 is 10.3 Å². The summed E-state index contributed by atoms with van der Waals surface area (Å²) in [7, 11) is 1.44. The van der Waals surface area contributed by atoms with Gasteiger partial charge in [0.25, 0.3) is 5.56 Å². The predicted octanol–water partition coefficient (Wildman–Crippen LogP) is 2.62. The Balaban J connectivity index is 2.51. The summed E-state index contributed by atoms with van der Waals surface area (Å²) in [5.74, 6) is 0.277. The van der Waals surface area contributed by atoms with Gasteiger partial charge in [-0.15, -0.1) is 11.8 Å². The number of benzene rings is 1. The zero-order valence-electron chi connectivity index (χ0n) is 9.88. The molecule has 4 nitrogen and oxygen atoms in total. The van der Waals surface area contributed by atoms with Crippen molar-refractivity contribution >= 4 is 23.4 Å². The zero-order chi connectivity index (χ0) is 13.1. The molecule has 18 heavy (non-hydrogen) atoms. The van der Waals surface area contributed by atoms with Crippen molar-refractivity contribution < 1.29 is 4.74 Å². The number of aromatic nitrogens is 2. The van der Waals surface area contributed by atoms with E-state index in [4.69, 9.17) is 16.3 Å². The summed E-state index contributed by atoms with van der Waals surface area (Å²) >= 11 is 7.54. The Kier molecular flexibility index (Phi) is 3.93. The second-order valence-electron chi connectivity index (χ2n) is 3.44. The van der Waals surface area contributed by atoms with Gasteiger partial charge < -0.3 is 4.74 Å². The summed E-state index contributed by atoms with van der Waals surface area (Å²) in [6.45, 7) is 0. The van der Waals surface area contributed by atoms with E-state index in [-0.39, 0.29) is 10.8 Å². The molecular weight excluding hydrogens is 272 g/mol. The molecule has 0 aliphatic heterocycles. The van der Waals surface area contributed by atoms with Crippen LogP contribution in [0.15, 0.2) is 40.2 Å². The number of ether oxygens (including phenoxy) is 1. The van der Waals surface area contributed by atoms with Crippen molar-refractivity contribution in [3.8, 4) is 11.4 Å². The molecule has 0 amide bonds. The first-order valence-electron chi connectivity index (χ1n) is 5.13. The quantitative estimate of drug-likeness (QED) is 0.812. The van der Waals surface area contributed by atoms with E-state index in [0.29, 0.717) is 5.69 Å². The highest BCUT2D eigenvalue weighted by molar-refractivity contribution is 7.98. The number of hydrogen-bond acceptors (Lipinski definition) is 4. The Hall–Kier alpha value is -1.46. The lowest BCUT2D eigenvalue weighted by molar-refractivity contribution is 0.409. The molecule has 94 valence electrons. The van der Waals surface area contributed by atoms with Gasteiger partial charge in [-0.1, -0.05) is 11.6 Å². The van der Waals surface area contributed by atoms with Crippen molar-refractivity contribution in [2.45, 2.75) is 4.90 Å². The third-order valence-electron chi connectivity index (χ3n) is 2.42. The first-order valence-corrected chi connectivity index (χ1v) is 6.74. The van der Waals surface area contributed by atoms with Crippen molar-refractivity contribution in [1.82, 2.24) is 9.78 Å². The van der Waals surface area contributed by atoms with Crippen LogP contribution in [0.3, 0.4) is 0 Å². The van der Waals surface area contributed by atoms with E-state index in [1.807, 2.05) is 30.5 Å². The smallest absolute Gasteiger partial charge is 0.294 e. The third kappa shape index (κ3) is 2.37. The number of rotatable bonds is 3. The van der Waals surface area contributed by atoms with Gasteiger partial charge in [-0.05, 0) is 30.5 Å². The highest BCUT2D eigenvalue weighted by atomic mass is 35.5. The van der Waals surface area contributed by atoms with Gasteiger partial charge in [0.1, 0.15) is 0 Å². The molecule has 6 heteroatoms. The summed E-state index contributed by atoms with van der Waals surface area (Å²) in [4.78, 5) is 13.1. The standard InChI is InChI=1S/C12H11ClN2O2S/c1-17-10-7-14-15(12(16)11(10)13)8-3-5-9(18-2)6-4-8/h3-7H,1-2H3. The lowest BCUT2D eigenvalue weighted by atomic mass is 10.3. The van der Waals surface area contributed by atoms with E-state index in [1.54, 1.807) is 11.8 Å². The molecule has 1 heterocycles. The lowest BCUT2D eigenvalue weighted by Gasteiger charge is -2.07. The van der Waals surface area contributed by atoms with Crippen LogP contribution in [0.2, 0.25) is 5.02 Å². The Bertz CT molecular complexity index is 610. The maximum absolute atomic E-state index is 12.0. The molecule has 2 aromatic rings. The van der Waals surface area contributed by atoms with E-state index in [2.05, 4.69) is 5.10 Å². The molecule has 2 rings (SSSR count). The Morgan fingerprint density at radius 1 is 1.33 bits per heavy atom. The average molecular weight is 283 g/mol. The summed E-state index contributed by atoms with van der Waals surface area (Å²) in [5, 5.41) is 4.05. The molecule has 0 aliphatic carbocycles. The monoisotopic (exact) mass is 282 g/mol. The number of nitrogens with zero attached hydrogens (tertiary/aromatic N) is 2. The summed E-state index contributed by atoms with van der Waals surface area (Å²) in [6.07, 6.45) is 3.41.